The molecule has 0 saturated carbocycles. The molecule has 0 aliphatic rings. The Bertz CT molecular complexity index is 1120. The quantitative estimate of drug-likeness (QED) is 0.0355. The second-order valence-electron chi connectivity index (χ2n) is 14.2. The molecule has 0 amide bonds. The van der Waals surface area contributed by atoms with E-state index in [1.165, 1.54) is 0 Å². The smallest absolute Gasteiger partial charge is 0.177 e. The van der Waals surface area contributed by atoms with Crippen LogP contribution in [0.25, 0.3) is 0 Å². The molecular weight excluding hydrogens is 3040 g/mol. The van der Waals surface area contributed by atoms with Gasteiger partial charge in [0.1, 0.15) is 0 Å². The third-order valence-corrected chi connectivity index (χ3v) is 60.6. The second kappa shape index (κ2) is 44.3. The molecule has 0 rings (SSSR count). The van der Waals surface area contributed by atoms with E-state index < -0.39 is 18.3 Å². The van der Waals surface area contributed by atoms with E-state index in [0.29, 0.717) is 80.5 Å². The molecule has 0 aromatic carbocycles. The van der Waals surface area contributed by atoms with E-state index in [1.807, 2.05) is 0 Å². The summed E-state index contributed by atoms with van der Waals surface area (Å²) in [5.74, 6) is 0. The van der Waals surface area contributed by atoms with Crippen molar-refractivity contribution < 1.29 is 30.6 Å². The minimum Gasteiger partial charge on any atom is -0.399 e. The van der Waals surface area contributed by atoms with Crippen LogP contribution in [-0.4, -0.2) is 209 Å². The molecule has 0 aliphatic carbocycles. The Kier molecular flexibility index (Phi) is 55.6. The first-order valence-electron chi connectivity index (χ1n) is 18.5. The van der Waals surface area contributed by atoms with Crippen molar-refractivity contribution in [2.24, 2.45) is 0 Å². The predicted octanol–water partition coefficient (Wildman–Crippen LogP) is 2.86. The van der Waals surface area contributed by atoms with Crippen molar-refractivity contribution >= 4 is 564 Å². The van der Waals surface area contributed by atoms with Gasteiger partial charge in [-0.05, 0) is 0 Å². The van der Waals surface area contributed by atoms with Gasteiger partial charge in [0.05, 0.1) is 38.1 Å². The normalized spacial score (nSPS) is 12.2. The molecule has 0 aromatic rings. The van der Waals surface area contributed by atoms with E-state index in [9.17, 15) is 30.6 Å². The summed E-state index contributed by atoms with van der Waals surface area (Å²) in [6.45, 7) is 0.553. The number of nitrogens with one attached hydrogen (secondary N) is 2. The van der Waals surface area contributed by atoms with E-state index in [4.69, 9.17) is 0 Å². The number of aliphatic hydroxyl groups is 6. The third kappa shape index (κ3) is 29.5. The standard InChI is InChI=1S/C9H27B24I20N3O6/c34-10-14(36)18(40)24(46)28(50)32(54-1-7(60)4-57)30(52)26(48)22(44)20(42)16(38)12-56(3-9(62)6-59)13-17(39)21(43)23(45)27(49)31(53)33(55-2-8(61)5-58)29(51)25(47)19(41)15(37)11-35/h7-13,54-55,57-62H,1-6H2. The fraction of sp³-hybridized carbons (Fsp3) is 1.00. The predicted molar refractivity (Wildman–Crippen MR) is 486 cm³/mol. The lowest BCUT2D eigenvalue weighted by molar-refractivity contribution is 0.0893. The van der Waals surface area contributed by atoms with Crippen molar-refractivity contribution in [3.63, 3.8) is 0 Å². The highest BCUT2D eigenvalue weighted by atomic mass is 127. The first-order valence-corrected chi connectivity index (χ1v) is 44.0. The van der Waals surface area contributed by atoms with Crippen LogP contribution in [0.5, 0.6) is 0 Å². The van der Waals surface area contributed by atoms with Crippen molar-refractivity contribution in [3.8, 4) is 0 Å². The Hall–Kier alpha value is 15.8. The number of rotatable bonds is 35. The summed E-state index contributed by atoms with van der Waals surface area (Å²) in [7, 11) is 1.57. The molecule has 326 valence electrons. The van der Waals surface area contributed by atoms with E-state index in [1.54, 1.807) is 0 Å². The van der Waals surface area contributed by atoms with Gasteiger partial charge in [0.2, 0.25) is 0 Å². The molecule has 3 atom stereocenters. The van der Waals surface area contributed by atoms with Crippen molar-refractivity contribution in [1.82, 2.24) is 15.2 Å². The highest BCUT2D eigenvalue weighted by Crippen LogP contribution is 2.30. The number of halogens is 20. The molecule has 0 bridgehead atoms. The van der Waals surface area contributed by atoms with E-state index in [-0.39, 0.29) is 50.5 Å². The largest absolute Gasteiger partial charge is 0.399 e. The number of hydrogen-bond donors (Lipinski definition) is 8. The van der Waals surface area contributed by atoms with Crippen LogP contribution in [0.1, 0.15) is 0 Å². The number of hydrogen-bond acceptors (Lipinski definition) is 9. The molecule has 0 aromatic heterocycles. The molecule has 0 saturated heterocycles. The van der Waals surface area contributed by atoms with Crippen molar-refractivity contribution in [2.45, 2.75) is 18.3 Å². The Morgan fingerprint density at radius 1 is 0.371 bits per heavy atom. The molecule has 0 radical (unpaired) electrons. The van der Waals surface area contributed by atoms with Crippen LogP contribution in [0.2, 0.25) is 0 Å². The van der Waals surface area contributed by atoms with Gasteiger partial charge in [-0.1, -0.05) is 0 Å². The Morgan fingerprint density at radius 2 is 0.613 bits per heavy atom. The highest BCUT2D eigenvalue weighted by Gasteiger charge is 2.54. The van der Waals surface area contributed by atoms with Gasteiger partial charge in [0, 0.05) is 19.6 Å². The molecular formula is C9H27B24I20N3O6. The summed E-state index contributed by atoms with van der Waals surface area (Å²) in [6, 6.07) is 0. The lowest BCUT2D eigenvalue weighted by Crippen LogP contribution is -2.69. The number of aliphatic hydroxyl groups excluding tert-OH is 6. The zero-order valence-corrected chi connectivity index (χ0v) is 75.2. The Balaban J connectivity index is 6.24. The van der Waals surface area contributed by atoms with Crippen LogP contribution in [0, 0.1) is 0 Å². The van der Waals surface area contributed by atoms with E-state index in [0.717, 1.165) is 24.7 Å². The minimum atomic E-state index is -0.821. The lowest BCUT2D eigenvalue weighted by Gasteiger charge is -2.32. The maximum Gasteiger partial charge on any atom is 0.177 e. The fourth-order valence-corrected chi connectivity index (χ4v) is 34.0. The summed E-state index contributed by atoms with van der Waals surface area (Å²) in [5.41, 5.74) is 0. The van der Waals surface area contributed by atoms with Gasteiger partial charge in [-0.3, -0.25) is 0 Å². The van der Waals surface area contributed by atoms with Crippen LogP contribution in [0.3, 0.4) is 0 Å². The van der Waals surface area contributed by atoms with Crippen LogP contribution >= 0.6 is 447 Å². The molecule has 3 unspecified atom stereocenters. The zero-order valence-electron chi connectivity index (χ0n) is 32.0. The van der Waals surface area contributed by atoms with Gasteiger partial charge in [0.25, 0.3) is 0 Å². The van der Waals surface area contributed by atoms with Gasteiger partial charge >= 0.3 is 0 Å². The van der Waals surface area contributed by atoms with Gasteiger partial charge < -0.3 is 45.8 Å². The minimum absolute atomic E-state index is 0.128. The summed E-state index contributed by atoms with van der Waals surface area (Å²) in [6.07, 6.45) is -2.43. The Morgan fingerprint density at radius 3 is 0.871 bits per heavy atom. The van der Waals surface area contributed by atoms with Crippen LogP contribution in [-0.2, 0) is 0 Å². The maximum absolute atomic E-state index is 10.8. The van der Waals surface area contributed by atoms with Crippen LogP contribution < -0.4 is 10.5 Å². The molecule has 53 heteroatoms. The first-order chi connectivity index (χ1) is 28.8. The van der Waals surface area contributed by atoms with Gasteiger partial charge in [0.15, 0.2) is 116 Å². The summed E-state index contributed by atoms with van der Waals surface area (Å²) in [4.78, 5) is 0. The van der Waals surface area contributed by atoms with Crippen LogP contribution in [0.4, 0.5) is 0 Å². The van der Waals surface area contributed by atoms with E-state index in [2.05, 4.69) is 463 Å². The maximum atomic E-state index is 10.8. The van der Waals surface area contributed by atoms with Crippen LogP contribution in [0.15, 0.2) is 0 Å². The van der Waals surface area contributed by atoms with Crippen molar-refractivity contribution in [2.75, 3.05) is 39.5 Å². The zero-order chi connectivity index (χ0) is 48.3. The molecule has 0 fully saturated rings. The summed E-state index contributed by atoms with van der Waals surface area (Å²) < 4.78 is 8.88. The summed E-state index contributed by atoms with van der Waals surface area (Å²) in [5, 5.41) is 70.3. The first kappa shape index (κ1) is 77.8. The monoisotopic (exact) mass is 3080 g/mol. The van der Waals surface area contributed by atoms with Gasteiger partial charge in [-0.15, -0.1) is 0 Å². The fourth-order valence-electron chi connectivity index (χ4n) is 5.56. The molecule has 0 aliphatic heterocycles. The topological polar surface area (TPSA) is 149 Å². The SMILES string of the molecule is OCC(O)CNB(B(I)B(I)B(I)B(I)BI)B(I)B(I)B(I)B(I)B(I)BN(BB(I)B(I)B(I)B(I)B(I)B(NCC(O)CO)B(I)B(I)B(I)B(I)BI)CC(O)CO. The third-order valence-electron chi connectivity index (χ3n) is 9.24. The Labute approximate surface area is 649 Å². The molecule has 9 nitrogen and oxygen atoms in total. The summed E-state index contributed by atoms with van der Waals surface area (Å²) >= 11 is 52.2. The molecule has 62 heavy (non-hydrogen) atoms. The van der Waals surface area contributed by atoms with Gasteiger partial charge in [-0.2, -0.15) is 447 Å². The molecule has 0 spiro atoms. The van der Waals surface area contributed by atoms with E-state index >= 15 is 0 Å². The lowest BCUT2D eigenvalue weighted by atomic mass is 8.82. The van der Waals surface area contributed by atoms with Crippen molar-refractivity contribution in [3.05, 3.63) is 0 Å². The van der Waals surface area contributed by atoms with Crippen molar-refractivity contribution in [1.29, 1.82) is 0 Å². The number of nitrogens with zero attached hydrogens (tertiary/aromatic N) is 1. The van der Waals surface area contributed by atoms with Gasteiger partial charge in [-0.25, -0.2) is 0 Å². The average molecular weight is 3070 g/mol. The second-order valence-corrected chi connectivity index (χ2v) is 42.5. The molecule has 0 heterocycles. The average Bonchev–Trinajstić information content (AvgIpc) is 3.27. The molecule has 8 N–H and O–H groups in total. The highest BCUT2D eigenvalue weighted by molar-refractivity contribution is 14.2.